The van der Waals surface area contributed by atoms with Gasteiger partial charge in [0.25, 0.3) is 0 Å². The zero-order chi connectivity index (χ0) is 18.7. The first kappa shape index (κ1) is 21.8. The molecule has 0 aliphatic carbocycles. The average molecular weight is 391 g/mol. The van der Waals surface area contributed by atoms with Crippen LogP contribution in [-0.4, -0.2) is 45.7 Å². The lowest BCUT2D eigenvalue weighted by atomic mass is 10.0. The molecule has 2 amide bonds. The van der Waals surface area contributed by atoms with Gasteiger partial charge in [-0.15, -0.1) is 0 Å². The number of amides is 2. The minimum absolute atomic E-state index is 0.0275. The minimum atomic E-state index is -1.07. The molecule has 4 N–H and O–H groups in total. The second-order valence-electron chi connectivity index (χ2n) is 6.06. The molecule has 2 unspecified atom stereocenters. The van der Waals surface area contributed by atoms with E-state index in [0.717, 1.165) is 19.3 Å². The molecular weight excluding hydrogens is 364 g/mol. The number of hydrogen-bond donors (Lipinski definition) is 3. The number of nitrogens with one attached hydrogen (secondary N) is 1. The molecule has 142 valence electrons. The number of rotatable bonds is 13. The Morgan fingerprint density at radius 2 is 1.88 bits per heavy atom. The zero-order valence-corrected chi connectivity index (χ0v) is 15.8. The number of carboxylic acids is 1. The van der Waals surface area contributed by atoms with E-state index in [4.69, 9.17) is 10.8 Å². The van der Waals surface area contributed by atoms with Gasteiger partial charge in [0.05, 0.1) is 12.5 Å². The monoisotopic (exact) mass is 390 g/mol. The standard InChI is InChI=1S/C16H26N2O5S2/c17-14(20)7-5-12(13(19)6-8-16(22)23)18-15(21)4-2-1-3-11-9-10-24-25-11/h11-12H,1-10H2,(H2,17,20)(H,18,21)(H,22,23). The molecule has 25 heavy (non-hydrogen) atoms. The van der Waals surface area contributed by atoms with Crippen molar-refractivity contribution in [1.82, 2.24) is 5.32 Å². The third-order valence-electron chi connectivity index (χ3n) is 3.90. The smallest absolute Gasteiger partial charge is 0.303 e. The van der Waals surface area contributed by atoms with Crippen LogP contribution < -0.4 is 11.1 Å². The van der Waals surface area contributed by atoms with Crippen LogP contribution in [0.3, 0.4) is 0 Å². The van der Waals surface area contributed by atoms with Gasteiger partial charge in [0, 0.05) is 30.3 Å². The van der Waals surface area contributed by atoms with E-state index in [2.05, 4.69) is 5.32 Å². The van der Waals surface area contributed by atoms with Gasteiger partial charge in [-0.25, -0.2) is 0 Å². The number of carboxylic acid groups (broad SMARTS) is 1. The first-order valence-corrected chi connectivity index (χ1v) is 10.9. The number of carbonyl (C=O) groups excluding carboxylic acids is 3. The number of Topliss-reactive ketones (excluding diaryl/α,β-unsaturated/α-hetero) is 1. The van der Waals surface area contributed by atoms with Crippen molar-refractivity contribution < 1.29 is 24.3 Å². The zero-order valence-electron chi connectivity index (χ0n) is 14.2. The Hall–Kier alpha value is -1.22. The summed E-state index contributed by atoms with van der Waals surface area (Å²) in [6, 6.07) is -0.846. The van der Waals surface area contributed by atoms with E-state index in [0.29, 0.717) is 11.7 Å². The second kappa shape index (κ2) is 12.2. The maximum Gasteiger partial charge on any atom is 0.303 e. The topological polar surface area (TPSA) is 127 Å². The van der Waals surface area contributed by atoms with Crippen LogP contribution in [0.25, 0.3) is 0 Å². The van der Waals surface area contributed by atoms with E-state index in [1.165, 1.54) is 12.2 Å². The molecule has 0 spiro atoms. The van der Waals surface area contributed by atoms with Crippen molar-refractivity contribution in [3.8, 4) is 0 Å². The maximum atomic E-state index is 12.1. The number of nitrogens with two attached hydrogens (primary N) is 1. The van der Waals surface area contributed by atoms with E-state index in [-0.39, 0.29) is 37.4 Å². The Balaban J connectivity index is 2.34. The van der Waals surface area contributed by atoms with Crippen LogP contribution in [0, 0.1) is 0 Å². The largest absolute Gasteiger partial charge is 0.481 e. The molecule has 0 radical (unpaired) electrons. The van der Waals surface area contributed by atoms with Crippen LogP contribution >= 0.6 is 21.6 Å². The molecule has 0 aromatic heterocycles. The first-order chi connectivity index (χ1) is 11.9. The maximum absolute atomic E-state index is 12.1. The molecule has 1 aliphatic rings. The van der Waals surface area contributed by atoms with Crippen LogP contribution in [0.5, 0.6) is 0 Å². The predicted molar refractivity (Wildman–Crippen MR) is 99.2 cm³/mol. The van der Waals surface area contributed by atoms with Gasteiger partial charge in [-0.05, 0) is 25.7 Å². The van der Waals surface area contributed by atoms with E-state index >= 15 is 0 Å². The van der Waals surface area contributed by atoms with Crippen LogP contribution in [0.2, 0.25) is 0 Å². The summed E-state index contributed by atoms with van der Waals surface area (Å²) < 4.78 is 0. The van der Waals surface area contributed by atoms with Gasteiger partial charge in [-0.3, -0.25) is 19.2 Å². The summed E-state index contributed by atoms with van der Waals surface area (Å²) in [5, 5.41) is 12.0. The number of primary amides is 1. The predicted octanol–water partition coefficient (Wildman–Crippen LogP) is 1.88. The summed E-state index contributed by atoms with van der Waals surface area (Å²) in [6.45, 7) is 0. The Labute approximate surface area is 155 Å². The molecule has 0 aromatic rings. The number of carbonyl (C=O) groups is 4. The van der Waals surface area contributed by atoms with Gasteiger partial charge in [-0.2, -0.15) is 0 Å². The van der Waals surface area contributed by atoms with Crippen molar-refractivity contribution in [2.75, 3.05) is 5.75 Å². The molecule has 9 heteroatoms. The minimum Gasteiger partial charge on any atom is -0.481 e. The van der Waals surface area contributed by atoms with Gasteiger partial charge in [-0.1, -0.05) is 28.0 Å². The molecule has 2 atom stereocenters. The average Bonchev–Trinajstić information content (AvgIpc) is 3.06. The third kappa shape index (κ3) is 10.4. The molecule has 1 heterocycles. The molecular formula is C16H26N2O5S2. The first-order valence-electron chi connectivity index (χ1n) is 8.49. The van der Waals surface area contributed by atoms with E-state index < -0.39 is 17.9 Å². The summed E-state index contributed by atoms with van der Waals surface area (Å²) in [5.41, 5.74) is 5.09. The van der Waals surface area contributed by atoms with E-state index in [1.54, 1.807) is 0 Å². The molecule has 1 rings (SSSR count). The highest BCUT2D eigenvalue weighted by atomic mass is 33.1. The molecule has 0 saturated carbocycles. The van der Waals surface area contributed by atoms with Crippen molar-refractivity contribution in [3.63, 3.8) is 0 Å². The number of unbranched alkanes of at least 4 members (excludes halogenated alkanes) is 1. The lowest BCUT2D eigenvalue weighted by molar-refractivity contribution is -0.139. The van der Waals surface area contributed by atoms with Crippen LogP contribution in [-0.2, 0) is 19.2 Å². The second-order valence-corrected chi connectivity index (χ2v) is 8.85. The molecule has 1 fully saturated rings. The Bertz CT molecular complexity index is 481. The highest BCUT2D eigenvalue weighted by Crippen LogP contribution is 2.39. The summed E-state index contributed by atoms with van der Waals surface area (Å²) in [7, 11) is 3.81. The molecule has 1 saturated heterocycles. The van der Waals surface area contributed by atoms with Crippen LogP contribution in [0.1, 0.15) is 57.8 Å². The number of hydrogen-bond acceptors (Lipinski definition) is 6. The summed E-state index contributed by atoms with van der Waals surface area (Å²) in [5.74, 6) is -1.06. The van der Waals surface area contributed by atoms with Gasteiger partial charge in [0.15, 0.2) is 5.78 Å². The fourth-order valence-electron chi connectivity index (χ4n) is 2.49. The lowest BCUT2D eigenvalue weighted by Crippen LogP contribution is -2.41. The van der Waals surface area contributed by atoms with Gasteiger partial charge >= 0.3 is 5.97 Å². The third-order valence-corrected chi connectivity index (χ3v) is 6.90. The number of ketones is 1. The fourth-order valence-corrected chi connectivity index (χ4v) is 5.52. The molecule has 7 nitrogen and oxygen atoms in total. The molecule has 0 bridgehead atoms. The highest BCUT2D eigenvalue weighted by molar-refractivity contribution is 8.77. The van der Waals surface area contributed by atoms with Gasteiger partial charge in [0.2, 0.25) is 11.8 Å². The fraction of sp³-hybridized carbons (Fsp3) is 0.750. The Kier molecular flexibility index (Phi) is 10.6. The van der Waals surface area contributed by atoms with Gasteiger partial charge in [0.1, 0.15) is 0 Å². The van der Waals surface area contributed by atoms with Crippen LogP contribution in [0.4, 0.5) is 0 Å². The van der Waals surface area contributed by atoms with Gasteiger partial charge < -0.3 is 16.2 Å². The van der Waals surface area contributed by atoms with Crippen molar-refractivity contribution >= 4 is 45.2 Å². The van der Waals surface area contributed by atoms with Crippen molar-refractivity contribution in [3.05, 3.63) is 0 Å². The highest BCUT2D eigenvalue weighted by Gasteiger charge is 2.22. The van der Waals surface area contributed by atoms with Crippen molar-refractivity contribution in [2.24, 2.45) is 5.73 Å². The lowest BCUT2D eigenvalue weighted by Gasteiger charge is -2.17. The quantitative estimate of drug-likeness (QED) is 0.324. The van der Waals surface area contributed by atoms with Crippen LogP contribution in [0.15, 0.2) is 0 Å². The summed E-state index contributed by atoms with van der Waals surface area (Å²) >= 11 is 0. The van der Waals surface area contributed by atoms with Crippen molar-refractivity contribution in [1.29, 1.82) is 0 Å². The van der Waals surface area contributed by atoms with E-state index in [9.17, 15) is 19.2 Å². The molecule has 0 aromatic carbocycles. The summed E-state index contributed by atoms with van der Waals surface area (Å²) in [4.78, 5) is 45.6. The Morgan fingerprint density at radius 3 is 2.48 bits per heavy atom. The van der Waals surface area contributed by atoms with E-state index in [1.807, 2.05) is 21.6 Å². The molecule has 1 aliphatic heterocycles. The Morgan fingerprint density at radius 1 is 1.12 bits per heavy atom. The summed E-state index contributed by atoms with van der Waals surface area (Å²) in [6.07, 6.45) is 3.96. The SMILES string of the molecule is NC(=O)CCC(NC(=O)CCCCC1CCSS1)C(=O)CCC(=O)O. The number of aliphatic carboxylic acids is 1. The van der Waals surface area contributed by atoms with Crippen molar-refractivity contribution in [2.45, 2.75) is 69.1 Å². The normalized spacial score (nSPS) is 17.8.